The Hall–Kier alpha value is -1.22. The van der Waals surface area contributed by atoms with Gasteiger partial charge in [0.1, 0.15) is 0 Å². The molecule has 2 nitrogen and oxygen atoms in total. The fourth-order valence-corrected chi connectivity index (χ4v) is 2.04. The van der Waals surface area contributed by atoms with Crippen LogP contribution in [0.4, 0.5) is 0 Å². The van der Waals surface area contributed by atoms with Crippen molar-refractivity contribution in [3.63, 3.8) is 0 Å². The van der Waals surface area contributed by atoms with Crippen molar-refractivity contribution in [2.24, 2.45) is 0 Å². The van der Waals surface area contributed by atoms with Gasteiger partial charge in [-0.25, -0.2) is 0 Å². The van der Waals surface area contributed by atoms with Crippen LogP contribution >= 0.6 is 11.3 Å². The van der Waals surface area contributed by atoms with Crippen LogP contribution in [-0.4, -0.2) is 9.97 Å². The number of aromatic nitrogens is 2. The smallest absolute Gasteiger partial charge is 0.0984 e. The van der Waals surface area contributed by atoms with Crippen LogP contribution in [0.25, 0.3) is 10.6 Å². The van der Waals surface area contributed by atoms with Crippen LogP contribution in [-0.2, 0) is 6.42 Å². The molecule has 0 spiro atoms. The normalized spacial score (nSPS) is 10.2. The highest BCUT2D eigenvalue weighted by Gasteiger charge is 2.01. The minimum Gasteiger partial charge on any atom is -0.261 e. The standard InChI is InChI=1S/C10H10N2S/c1-2-8-3-4-10(13-8)9-7-11-5-6-12-9/h3-7H,2H2,1H3. The molecular weight excluding hydrogens is 180 g/mol. The Kier molecular flexibility index (Phi) is 2.36. The molecule has 66 valence electrons. The number of thiophene rings is 1. The molecule has 0 fully saturated rings. The van der Waals surface area contributed by atoms with Crippen LogP contribution in [0.2, 0.25) is 0 Å². The molecule has 0 atom stereocenters. The molecular formula is C10H10N2S. The number of aryl methyl sites for hydroxylation is 1. The fraction of sp³-hybridized carbons (Fsp3) is 0.200. The van der Waals surface area contributed by atoms with Gasteiger partial charge in [0, 0.05) is 17.3 Å². The highest BCUT2D eigenvalue weighted by Crippen LogP contribution is 2.25. The molecule has 0 unspecified atom stereocenters. The van der Waals surface area contributed by atoms with E-state index in [0.29, 0.717) is 0 Å². The van der Waals surface area contributed by atoms with Gasteiger partial charge >= 0.3 is 0 Å². The molecule has 2 heterocycles. The van der Waals surface area contributed by atoms with Gasteiger partial charge in [0.05, 0.1) is 16.8 Å². The predicted octanol–water partition coefficient (Wildman–Crippen LogP) is 2.77. The molecule has 0 N–H and O–H groups in total. The lowest BCUT2D eigenvalue weighted by atomic mass is 10.3. The van der Waals surface area contributed by atoms with Gasteiger partial charge < -0.3 is 0 Å². The van der Waals surface area contributed by atoms with Crippen molar-refractivity contribution in [2.75, 3.05) is 0 Å². The van der Waals surface area contributed by atoms with Crippen LogP contribution in [0, 0.1) is 0 Å². The van der Waals surface area contributed by atoms with Crippen LogP contribution in [0.1, 0.15) is 11.8 Å². The van der Waals surface area contributed by atoms with Crippen molar-refractivity contribution in [1.82, 2.24) is 9.97 Å². The average molecular weight is 190 g/mol. The van der Waals surface area contributed by atoms with E-state index in [9.17, 15) is 0 Å². The van der Waals surface area contributed by atoms with Crippen molar-refractivity contribution in [2.45, 2.75) is 13.3 Å². The molecule has 0 saturated heterocycles. The molecule has 0 radical (unpaired) electrons. The van der Waals surface area contributed by atoms with Crippen LogP contribution < -0.4 is 0 Å². The number of hydrogen-bond donors (Lipinski definition) is 0. The molecule has 0 aliphatic carbocycles. The first kappa shape index (κ1) is 8.38. The Morgan fingerprint density at radius 2 is 2.23 bits per heavy atom. The van der Waals surface area contributed by atoms with Crippen molar-refractivity contribution >= 4 is 11.3 Å². The maximum Gasteiger partial charge on any atom is 0.0984 e. The minimum atomic E-state index is 0.965. The third kappa shape index (κ3) is 1.75. The molecule has 2 aromatic rings. The Morgan fingerprint density at radius 3 is 2.85 bits per heavy atom. The SMILES string of the molecule is CCc1ccc(-c2cnccn2)s1. The fourth-order valence-electron chi connectivity index (χ4n) is 1.13. The molecule has 0 bridgehead atoms. The minimum absolute atomic E-state index is 0.965. The van der Waals surface area contributed by atoms with Gasteiger partial charge in [-0.15, -0.1) is 11.3 Å². The van der Waals surface area contributed by atoms with Gasteiger partial charge in [-0.1, -0.05) is 6.92 Å². The second kappa shape index (κ2) is 3.66. The molecule has 3 heteroatoms. The summed E-state index contributed by atoms with van der Waals surface area (Å²) in [4.78, 5) is 10.9. The van der Waals surface area contributed by atoms with Gasteiger partial charge in [-0.05, 0) is 18.6 Å². The topological polar surface area (TPSA) is 25.8 Å². The monoisotopic (exact) mass is 190 g/mol. The van der Waals surface area contributed by atoms with E-state index in [4.69, 9.17) is 0 Å². The van der Waals surface area contributed by atoms with E-state index in [2.05, 4.69) is 29.0 Å². The summed E-state index contributed by atoms with van der Waals surface area (Å²) < 4.78 is 0. The third-order valence-electron chi connectivity index (χ3n) is 1.83. The van der Waals surface area contributed by atoms with E-state index in [1.54, 1.807) is 29.9 Å². The zero-order valence-electron chi connectivity index (χ0n) is 7.40. The molecule has 0 aliphatic rings. The first-order chi connectivity index (χ1) is 6.40. The van der Waals surface area contributed by atoms with E-state index >= 15 is 0 Å². The van der Waals surface area contributed by atoms with Gasteiger partial charge in [-0.2, -0.15) is 0 Å². The largest absolute Gasteiger partial charge is 0.261 e. The zero-order chi connectivity index (χ0) is 9.10. The molecule has 2 aromatic heterocycles. The van der Waals surface area contributed by atoms with Crippen molar-refractivity contribution < 1.29 is 0 Å². The number of rotatable bonds is 2. The highest BCUT2D eigenvalue weighted by molar-refractivity contribution is 7.15. The van der Waals surface area contributed by atoms with Crippen LogP contribution in [0.15, 0.2) is 30.7 Å². The summed E-state index contributed by atoms with van der Waals surface area (Å²) in [6.07, 6.45) is 6.30. The summed E-state index contributed by atoms with van der Waals surface area (Å²) in [7, 11) is 0. The third-order valence-corrected chi connectivity index (χ3v) is 3.08. The predicted molar refractivity (Wildman–Crippen MR) is 54.7 cm³/mol. The second-order valence-electron chi connectivity index (χ2n) is 2.71. The van der Waals surface area contributed by atoms with Gasteiger partial charge in [0.15, 0.2) is 0 Å². The Morgan fingerprint density at radius 1 is 1.31 bits per heavy atom. The number of nitrogens with zero attached hydrogens (tertiary/aromatic N) is 2. The van der Waals surface area contributed by atoms with Crippen LogP contribution in [0.3, 0.4) is 0 Å². The first-order valence-corrected chi connectivity index (χ1v) is 5.07. The van der Waals surface area contributed by atoms with E-state index in [1.807, 2.05) is 0 Å². The average Bonchev–Trinajstić information content (AvgIpc) is 2.67. The van der Waals surface area contributed by atoms with E-state index in [0.717, 1.165) is 12.1 Å². The lowest BCUT2D eigenvalue weighted by molar-refractivity contribution is 1.19. The number of hydrogen-bond acceptors (Lipinski definition) is 3. The molecule has 0 aromatic carbocycles. The van der Waals surface area contributed by atoms with Crippen molar-refractivity contribution in [1.29, 1.82) is 0 Å². The molecule has 13 heavy (non-hydrogen) atoms. The molecule has 2 rings (SSSR count). The quantitative estimate of drug-likeness (QED) is 0.727. The van der Waals surface area contributed by atoms with Crippen molar-refractivity contribution in [3.05, 3.63) is 35.6 Å². The van der Waals surface area contributed by atoms with E-state index in [1.165, 1.54) is 9.75 Å². The Labute approximate surface area is 81.3 Å². The lowest BCUT2D eigenvalue weighted by Crippen LogP contribution is -1.79. The van der Waals surface area contributed by atoms with E-state index in [-0.39, 0.29) is 0 Å². The molecule has 0 aliphatic heterocycles. The molecule has 0 amide bonds. The zero-order valence-corrected chi connectivity index (χ0v) is 8.21. The maximum atomic E-state index is 4.24. The summed E-state index contributed by atoms with van der Waals surface area (Å²) in [5.41, 5.74) is 0.965. The van der Waals surface area contributed by atoms with E-state index < -0.39 is 0 Å². The highest BCUT2D eigenvalue weighted by atomic mass is 32.1. The van der Waals surface area contributed by atoms with Gasteiger partial charge in [0.2, 0.25) is 0 Å². The summed E-state index contributed by atoms with van der Waals surface area (Å²) in [5.74, 6) is 0. The van der Waals surface area contributed by atoms with Gasteiger partial charge in [-0.3, -0.25) is 9.97 Å². The van der Waals surface area contributed by atoms with Crippen molar-refractivity contribution in [3.8, 4) is 10.6 Å². The lowest BCUT2D eigenvalue weighted by Gasteiger charge is -1.92. The van der Waals surface area contributed by atoms with Crippen LogP contribution in [0.5, 0.6) is 0 Å². The maximum absolute atomic E-state index is 4.24. The molecule has 0 saturated carbocycles. The summed E-state index contributed by atoms with van der Waals surface area (Å²) in [6.45, 7) is 2.16. The summed E-state index contributed by atoms with van der Waals surface area (Å²) in [6, 6.07) is 4.25. The second-order valence-corrected chi connectivity index (χ2v) is 3.88. The summed E-state index contributed by atoms with van der Waals surface area (Å²) >= 11 is 1.78. The summed E-state index contributed by atoms with van der Waals surface area (Å²) in [5, 5.41) is 0. The first-order valence-electron chi connectivity index (χ1n) is 4.25. The Bertz CT molecular complexity index is 381. The Balaban J connectivity index is 2.36. The van der Waals surface area contributed by atoms with Gasteiger partial charge in [0.25, 0.3) is 0 Å².